The largest absolute Gasteiger partial charge is 0.328 e. The second-order valence-electron chi connectivity index (χ2n) is 3.34. The third-order valence-corrected chi connectivity index (χ3v) is 1.99. The minimum atomic E-state index is -1.11. The number of halogens is 3. The lowest BCUT2D eigenvalue weighted by Crippen LogP contribution is -2.16. The number of hydrogen-bond donors (Lipinski definition) is 1. The van der Waals surface area contributed by atoms with E-state index in [4.69, 9.17) is 5.73 Å². The van der Waals surface area contributed by atoms with Gasteiger partial charge in [0.25, 0.3) is 0 Å². The standard InChI is InChI=1S/C10H12F3N/c1-6(14)2-3-7-8(11)4-5-9(12)10(7)13/h4-6H,2-3,14H2,1H3. The molecule has 1 atom stereocenters. The van der Waals surface area contributed by atoms with E-state index >= 15 is 0 Å². The molecule has 0 amide bonds. The van der Waals surface area contributed by atoms with Crippen molar-refractivity contribution in [3.05, 3.63) is 35.1 Å². The first-order valence-corrected chi connectivity index (χ1v) is 4.40. The van der Waals surface area contributed by atoms with Crippen molar-refractivity contribution in [1.29, 1.82) is 0 Å². The molecule has 0 aliphatic carbocycles. The molecule has 0 heterocycles. The second-order valence-corrected chi connectivity index (χ2v) is 3.34. The summed E-state index contributed by atoms with van der Waals surface area (Å²) in [7, 11) is 0. The first kappa shape index (κ1) is 11.0. The molecule has 1 unspecified atom stereocenters. The molecule has 0 aromatic heterocycles. The molecule has 2 N–H and O–H groups in total. The van der Waals surface area contributed by atoms with E-state index in [2.05, 4.69) is 0 Å². The Kier molecular flexibility index (Phi) is 3.52. The second kappa shape index (κ2) is 4.46. The molecule has 1 aromatic rings. The predicted octanol–water partition coefficient (Wildman–Crippen LogP) is 2.38. The van der Waals surface area contributed by atoms with E-state index in [1.807, 2.05) is 0 Å². The number of rotatable bonds is 3. The van der Waals surface area contributed by atoms with Crippen LogP contribution in [0.4, 0.5) is 13.2 Å². The van der Waals surface area contributed by atoms with Gasteiger partial charge in [-0.3, -0.25) is 0 Å². The summed E-state index contributed by atoms with van der Waals surface area (Å²) < 4.78 is 38.8. The minimum absolute atomic E-state index is 0.118. The van der Waals surface area contributed by atoms with Crippen molar-refractivity contribution in [1.82, 2.24) is 0 Å². The van der Waals surface area contributed by atoms with Crippen LogP contribution in [0.2, 0.25) is 0 Å². The van der Waals surface area contributed by atoms with Crippen molar-refractivity contribution in [3.8, 4) is 0 Å². The van der Waals surface area contributed by atoms with E-state index in [-0.39, 0.29) is 18.0 Å². The monoisotopic (exact) mass is 203 g/mol. The fraction of sp³-hybridized carbons (Fsp3) is 0.400. The Balaban J connectivity index is 2.89. The normalized spacial score (nSPS) is 12.9. The summed E-state index contributed by atoms with van der Waals surface area (Å²) in [4.78, 5) is 0. The zero-order valence-electron chi connectivity index (χ0n) is 7.86. The van der Waals surface area contributed by atoms with Gasteiger partial charge < -0.3 is 5.73 Å². The highest BCUT2D eigenvalue weighted by atomic mass is 19.2. The lowest BCUT2D eigenvalue weighted by molar-refractivity contribution is 0.474. The van der Waals surface area contributed by atoms with Gasteiger partial charge in [0.1, 0.15) is 5.82 Å². The first-order chi connectivity index (χ1) is 6.52. The highest BCUT2D eigenvalue weighted by Crippen LogP contribution is 2.17. The Bertz CT molecular complexity index is 323. The quantitative estimate of drug-likeness (QED) is 0.750. The SMILES string of the molecule is CC(N)CCc1c(F)ccc(F)c1F. The highest BCUT2D eigenvalue weighted by Gasteiger charge is 2.13. The smallest absolute Gasteiger partial charge is 0.164 e. The third kappa shape index (κ3) is 2.48. The Morgan fingerprint density at radius 1 is 1.21 bits per heavy atom. The molecule has 1 nitrogen and oxygen atoms in total. The first-order valence-electron chi connectivity index (χ1n) is 4.40. The maximum Gasteiger partial charge on any atom is 0.164 e. The molecule has 0 radical (unpaired) electrons. The zero-order valence-corrected chi connectivity index (χ0v) is 7.86. The van der Waals surface area contributed by atoms with Crippen LogP contribution < -0.4 is 5.73 Å². The lowest BCUT2D eigenvalue weighted by atomic mass is 10.1. The van der Waals surface area contributed by atoms with E-state index < -0.39 is 17.5 Å². The van der Waals surface area contributed by atoms with Crippen LogP contribution in [0.15, 0.2) is 12.1 Å². The van der Waals surface area contributed by atoms with Crippen LogP contribution >= 0.6 is 0 Å². The third-order valence-electron chi connectivity index (χ3n) is 1.99. The van der Waals surface area contributed by atoms with Crippen molar-refractivity contribution in [3.63, 3.8) is 0 Å². The van der Waals surface area contributed by atoms with Crippen molar-refractivity contribution in [2.75, 3.05) is 0 Å². The summed E-state index contributed by atoms with van der Waals surface area (Å²) in [6, 6.07) is 1.55. The summed E-state index contributed by atoms with van der Waals surface area (Å²) in [5.74, 6) is -2.85. The molecule has 78 valence electrons. The van der Waals surface area contributed by atoms with E-state index in [0.29, 0.717) is 6.42 Å². The Morgan fingerprint density at radius 3 is 2.36 bits per heavy atom. The molecule has 0 saturated carbocycles. The zero-order chi connectivity index (χ0) is 10.7. The van der Waals surface area contributed by atoms with Crippen molar-refractivity contribution in [2.24, 2.45) is 5.73 Å². The van der Waals surface area contributed by atoms with E-state index in [9.17, 15) is 13.2 Å². The Morgan fingerprint density at radius 2 is 1.79 bits per heavy atom. The van der Waals surface area contributed by atoms with Gasteiger partial charge in [-0.25, -0.2) is 13.2 Å². The summed E-state index contributed by atoms with van der Waals surface area (Å²) in [5, 5.41) is 0. The summed E-state index contributed by atoms with van der Waals surface area (Å²) in [6.07, 6.45) is 0.546. The molecule has 0 spiro atoms. The van der Waals surface area contributed by atoms with Crippen LogP contribution in [0.25, 0.3) is 0 Å². The molecular formula is C10H12F3N. The van der Waals surface area contributed by atoms with Crippen LogP contribution in [0.5, 0.6) is 0 Å². The topological polar surface area (TPSA) is 26.0 Å². The molecule has 14 heavy (non-hydrogen) atoms. The summed E-state index contributed by atoms with van der Waals surface area (Å²) in [6.45, 7) is 1.73. The van der Waals surface area contributed by atoms with Gasteiger partial charge in [0.2, 0.25) is 0 Å². The fourth-order valence-electron chi connectivity index (χ4n) is 1.17. The minimum Gasteiger partial charge on any atom is -0.328 e. The van der Waals surface area contributed by atoms with E-state index in [0.717, 1.165) is 12.1 Å². The van der Waals surface area contributed by atoms with Gasteiger partial charge in [-0.15, -0.1) is 0 Å². The molecular weight excluding hydrogens is 191 g/mol. The highest BCUT2D eigenvalue weighted by molar-refractivity contribution is 5.21. The van der Waals surface area contributed by atoms with Crippen LogP contribution in [0.1, 0.15) is 18.9 Å². The van der Waals surface area contributed by atoms with Gasteiger partial charge in [-0.05, 0) is 31.9 Å². The maximum absolute atomic E-state index is 13.1. The summed E-state index contributed by atoms with van der Waals surface area (Å²) >= 11 is 0. The van der Waals surface area contributed by atoms with E-state index in [1.54, 1.807) is 6.92 Å². The molecule has 0 aliphatic heterocycles. The van der Waals surface area contributed by atoms with Crippen LogP contribution in [-0.4, -0.2) is 6.04 Å². The van der Waals surface area contributed by atoms with Crippen molar-refractivity contribution >= 4 is 0 Å². The average Bonchev–Trinajstić information content (AvgIpc) is 2.11. The lowest BCUT2D eigenvalue weighted by Gasteiger charge is -2.07. The van der Waals surface area contributed by atoms with Crippen molar-refractivity contribution < 1.29 is 13.2 Å². The molecule has 0 saturated heterocycles. The van der Waals surface area contributed by atoms with E-state index in [1.165, 1.54) is 0 Å². The van der Waals surface area contributed by atoms with Gasteiger partial charge in [0.15, 0.2) is 11.6 Å². The molecule has 0 bridgehead atoms. The van der Waals surface area contributed by atoms with Gasteiger partial charge in [0.05, 0.1) is 0 Å². The number of nitrogens with two attached hydrogens (primary N) is 1. The number of benzene rings is 1. The van der Waals surface area contributed by atoms with Gasteiger partial charge in [-0.2, -0.15) is 0 Å². The number of hydrogen-bond acceptors (Lipinski definition) is 1. The Labute approximate surface area is 80.7 Å². The maximum atomic E-state index is 13.1. The molecule has 1 rings (SSSR count). The van der Waals surface area contributed by atoms with Crippen LogP contribution in [-0.2, 0) is 6.42 Å². The van der Waals surface area contributed by atoms with Crippen molar-refractivity contribution in [2.45, 2.75) is 25.8 Å². The van der Waals surface area contributed by atoms with Gasteiger partial charge in [0, 0.05) is 11.6 Å². The van der Waals surface area contributed by atoms with Gasteiger partial charge in [-0.1, -0.05) is 0 Å². The predicted molar refractivity (Wildman–Crippen MR) is 48.3 cm³/mol. The fourth-order valence-corrected chi connectivity index (χ4v) is 1.17. The van der Waals surface area contributed by atoms with Crippen LogP contribution in [0, 0.1) is 17.5 Å². The molecule has 0 aliphatic rings. The van der Waals surface area contributed by atoms with Crippen LogP contribution in [0.3, 0.4) is 0 Å². The van der Waals surface area contributed by atoms with Gasteiger partial charge >= 0.3 is 0 Å². The average molecular weight is 203 g/mol. The molecule has 1 aromatic carbocycles. The summed E-state index contributed by atoms with van der Waals surface area (Å²) in [5.41, 5.74) is 5.22. The molecule has 4 heteroatoms. The molecule has 0 fully saturated rings. The Hall–Kier alpha value is -1.03.